The number of aryl methyl sites for hydroxylation is 2. The Morgan fingerprint density at radius 1 is 0.225 bits per heavy atom. The second-order valence-electron chi connectivity index (χ2n) is 25.8. The van der Waals surface area contributed by atoms with Crippen molar-refractivity contribution in [3.05, 3.63) is 358 Å². The Kier molecular flexibility index (Phi) is 17.5. The monoisotopic (exact) mass is 1300 g/mol. The van der Waals surface area contributed by atoms with Crippen LogP contribution in [-0.4, -0.2) is 28.2 Å². The number of hydrogen-bond donors (Lipinski definition) is 0. The molecule has 0 aliphatic carbocycles. The van der Waals surface area contributed by atoms with Gasteiger partial charge in [-0.25, -0.2) is 0 Å². The van der Waals surface area contributed by atoms with Crippen molar-refractivity contribution in [3.8, 4) is 59.5 Å². The van der Waals surface area contributed by atoms with E-state index in [-0.39, 0.29) is 0 Å². The molecule has 6 nitrogen and oxygen atoms in total. The minimum Gasteiger partial charge on any atom is -0.377 e. The molecule has 16 aromatic rings. The smallest absolute Gasteiger partial charge is 0.0991 e. The number of anilines is 8. The molecular weight excluding hydrogens is 1240 g/mol. The lowest BCUT2D eigenvalue weighted by molar-refractivity contribution is 1.14. The summed E-state index contributed by atoms with van der Waals surface area (Å²) in [4.78, 5) is 8.87. The standard InChI is InChI=1S/C59H43N3.C37H23N3/c1-42-40-45(30-24-43-26-32-51(33-27-43)61(47-16-8-4-9-17-47)48-18-10-5-11-19-48)54-38-39-56-57(60(2)3)41-46(55-37-36-53(42)58(54)59(55)56)31-25-44-28-34-52(35-29-44)62(49-20-12-6-13-21-49)50-22-14-7-15-23-50;1-24-20-29(14-12-25-4-8-27(22-38)9-5-25)32-18-19-34-35(40(2)3)21-30(33-17-16-31(24)36(32)37(33)34)15-13-26-6-10-28(23-39)11-7-26/h4-23,26-29,32-41H,1-3H3;4-11,16-21H,1-3H3. The van der Waals surface area contributed by atoms with Gasteiger partial charge in [0.2, 0.25) is 0 Å². The molecule has 6 heteroatoms. The van der Waals surface area contributed by atoms with Gasteiger partial charge in [0.1, 0.15) is 0 Å². The van der Waals surface area contributed by atoms with E-state index in [1.807, 2.05) is 48.5 Å². The second-order valence-corrected chi connectivity index (χ2v) is 25.8. The molecule has 16 aromatic carbocycles. The predicted molar refractivity (Wildman–Crippen MR) is 427 cm³/mol. The number of nitriles is 2. The van der Waals surface area contributed by atoms with Crippen LogP contribution in [0.15, 0.2) is 291 Å². The van der Waals surface area contributed by atoms with E-state index >= 15 is 0 Å². The Hall–Kier alpha value is -14.0. The van der Waals surface area contributed by atoms with Crippen molar-refractivity contribution in [2.24, 2.45) is 0 Å². The highest BCUT2D eigenvalue weighted by molar-refractivity contribution is 6.29. The van der Waals surface area contributed by atoms with Crippen LogP contribution in [-0.2, 0) is 0 Å². The number of nitrogens with zero attached hydrogens (tertiary/aromatic N) is 6. The molecule has 0 amide bonds. The molecule has 102 heavy (non-hydrogen) atoms. The third-order valence-electron chi connectivity index (χ3n) is 18.8. The Balaban J connectivity index is 0.000000181. The zero-order chi connectivity index (χ0) is 69.8. The van der Waals surface area contributed by atoms with Gasteiger partial charge in [0, 0.05) is 140 Å². The van der Waals surface area contributed by atoms with Crippen LogP contribution in [0.3, 0.4) is 0 Å². The molecule has 0 N–H and O–H groups in total. The molecular formula is C96H66N6. The van der Waals surface area contributed by atoms with E-state index in [2.05, 4.69) is 340 Å². The van der Waals surface area contributed by atoms with E-state index in [1.165, 1.54) is 54.2 Å². The summed E-state index contributed by atoms with van der Waals surface area (Å²) in [5, 5.41) is 32.4. The van der Waals surface area contributed by atoms with Crippen LogP contribution in [0.2, 0.25) is 0 Å². The SMILES string of the molecule is Cc1cc(C#Cc2ccc(C#N)cc2)c2ccc3c(N(C)C)cc(C#Cc4ccc(C#N)cc4)c4ccc1c2c43.Cc1cc(C#Cc2ccc(N(c3ccccc3)c3ccccc3)cc2)c2ccc3c(N(C)C)cc(C#Cc4ccc(N(c5ccccc5)c5ccccc5)cc4)c4ccc1c2c43. The minimum absolute atomic E-state index is 0.622. The Labute approximate surface area is 596 Å². The fourth-order valence-corrected chi connectivity index (χ4v) is 13.9. The van der Waals surface area contributed by atoms with Gasteiger partial charge in [0.05, 0.1) is 23.3 Å². The molecule has 0 radical (unpaired) electrons. The predicted octanol–water partition coefficient (Wildman–Crippen LogP) is 22.2. The maximum atomic E-state index is 9.11. The van der Waals surface area contributed by atoms with Gasteiger partial charge in [0.15, 0.2) is 0 Å². The van der Waals surface area contributed by atoms with E-state index in [0.29, 0.717) is 11.1 Å². The summed E-state index contributed by atoms with van der Waals surface area (Å²) in [6.07, 6.45) is 0. The zero-order valence-electron chi connectivity index (χ0n) is 57.4. The summed E-state index contributed by atoms with van der Waals surface area (Å²) in [6.45, 7) is 4.33. The quantitative estimate of drug-likeness (QED) is 0.112. The minimum atomic E-state index is 0.622. The zero-order valence-corrected chi connectivity index (χ0v) is 57.4. The third-order valence-corrected chi connectivity index (χ3v) is 18.8. The van der Waals surface area contributed by atoms with Crippen molar-refractivity contribution in [3.63, 3.8) is 0 Å². The van der Waals surface area contributed by atoms with E-state index in [9.17, 15) is 0 Å². The van der Waals surface area contributed by atoms with Gasteiger partial charge in [-0.3, -0.25) is 0 Å². The summed E-state index contributed by atoms with van der Waals surface area (Å²) in [7, 11) is 8.34. The summed E-state index contributed by atoms with van der Waals surface area (Å²) < 4.78 is 0. The number of hydrogen-bond acceptors (Lipinski definition) is 6. The molecule has 480 valence electrons. The van der Waals surface area contributed by atoms with Crippen molar-refractivity contribution < 1.29 is 0 Å². The van der Waals surface area contributed by atoms with Crippen molar-refractivity contribution >= 4 is 110 Å². The van der Waals surface area contributed by atoms with Crippen molar-refractivity contribution in [1.29, 1.82) is 10.5 Å². The molecule has 0 saturated heterocycles. The molecule has 0 atom stereocenters. The van der Waals surface area contributed by atoms with Crippen LogP contribution in [0, 0.1) is 83.9 Å². The van der Waals surface area contributed by atoms with Crippen molar-refractivity contribution in [2.45, 2.75) is 13.8 Å². The molecule has 0 unspecified atom stereocenters. The van der Waals surface area contributed by atoms with Gasteiger partial charge < -0.3 is 19.6 Å². The number of para-hydroxylation sites is 4. The van der Waals surface area contributed by atoms with E-state index < -0.39 is 0 Å². The molecule has 16 rings (SSSR count). The van der Waals surface area contributed by atoms with Crippen LogP contribution in [0.4, 0.5) is 45.5 Å². The Bertz CT molecular complexity index is 6120. The van der Waals surface area contributed by atoms with Gasteiger partial charge in [-0.15, -0.1) is 0 Å². The first-order chi connectivity index (χ1) is 50.0. The van der Waals surface area contributed by atoms with Crippen LogP contribution in [0.1, 0.15) is 66.8 Å². The summed E-state index contributed by atoms with van der Waals surface area (Å²) >= 11 is 0. The average molecular weight is 1300 g/mol. The first kappa shape index (κ1) is 64.0. The molecule has 0 aliphatic heterocycles. The average Bonchev–Trinajstić information content (AvgIpc) is 0.725. The molecule has 0 spiro atoms. The first-order valence-corrected chi connectivity index (χ1v) is 33.9. The van der Waals surface area contributed by atoms with Gasteiger partial charge in [-0.1, -0.05) is 169 Å². The second kappa shape index (κ2) is 27.9. The third kappa shape index (κ3) is 12.6. The van der Waals surface area contributed by atoms with E-state index in [4.69, 9.17) is 10.5 Å². The normalized spacial score (nSPS) is 10.7. The van der Waals surface area contributed by atoms with Crippen LogP contribution in [0.5, 0.6) is 0 Å². The lowest BCUT2D eigenvalue weighted by Gasteiger charge is -2.25. The van der Waals surface area contributed by atoms with Crippen LogP contribution < -0.4 is 19.6 Å². The first-order valence-electron chi connectivity index (χ1n) is 33.9. The van der Waals surface area contributed by atoms with E-state index in [1.54, 1.807) is 24.3 Å². The van der Waals surface area contributed by atoms with Crippen molar-refractivity contribution in [2.75, 3.05) is 47.8 Å². The Morgan fingerprint density at radius 2 is 0.451 bits per heavy atom. The van der Waals surface area contributed by atoms with Gasteiger partial charge >= 0.3 is 0 Å². The maximum absolute atomic E-state index is 9.11. The van der Waals surface area contributed by atoms with Gasteiger partial charge in [-0.2, -0.15) is 10.5 Å². The van der Waals surface area contributed by atoms with E-state index in [0.717, 1.165) is 112 Å². The fourth-order valence-electron chi connectivity index (χ4n) is 13.9. The maximum Gasteiger partial charge on any atom is 0.0991 e. The molecule has 0 aromatic heterocycles. The summed E-state index contributed by atoms with van der Waals surface area (Å²) in [5.74, 6) is 27.7. The van der Waals surface area contributed by atoms with Gasteiger partial charge in [0.25, 0.3) is 0 Å². The van der Waals surface area contributed by atoms with Crippen LogP contribution >= 0.6 is 0 Å². The molecule has 0 bridgehead atoms. The molecule has 0 heterocycles. The largest absolute Gasteiger partial charge is 0.377 e. The van der Waals surface area contributed by atoms with Gasteiger partial charge in [-0.05, 0) is 238 Å². The molecule has 0 fully saturated rings. The highest BCUT2D eigenvalue weighted by Gasteiger charge is 2.21. The summed E-state index contributed by atoms with van der Waals surface area (Å²) in [5.41, 5.74) is 20.1. The highest BCUT2D eigenvalue weighted by Crippen LogP contribution is 2.45. The lowest BCUT2D eigenvalue weighted by atomic mass is 9.87. The highest BCUT2D eigenvalue weighted by atomic mass is 15.1. The topological polar surface area (TPSA) is 60.5 Å². The Morgan fingerprint density at radius 3 is 0.725 bits per heavy atom. The molecule has 0 aliphatic rings. The summed E-state index contributed by atoms with van der Waals surface area (Å²) in [6, 6.07) is 105. The lowest BCUT2D eigenvalue weighted by Crippen LogP contribution is -2.10. The van der Waals surface area contributed by atoms with Crippen molar-refractivity contribution in [1.82, 2.24) is 0 Å². The molecule has 0 saturated carbocycles. The van der Waals surface area contributed by atoms with Crippen LogP contribution in [0.25, 0.3) is 64.6 Å². The number of benzene rings is 16. The number of rotatable bonds is 8. The fraction of sp³-hybridized carbons (Fsp3) is 0.0625.